The van der Waals surface area contributed by atoms with Crippen LogP contribution in [0.25, 0.3) is 0 Å². The second-order valence-corrected chi connectivity index (χ2v) is 4.30. The summed E-state index contributed by atoms with van der Waals surface area (Å²) in [5.41, 5.74) is 2.39. The highest BCUT2D eigenvalue weighted by Gasteiger charge is 2.30. The summed E-state index contributed by atoms with van der Waals surface area (Å²) in [5, 5.41) is 12.5. The molecular weight excluding hydrogens is 178 g/mol. The summed E-state index contributed by atoms with van der Waals surface area (Å²) >= 11 is 0. The molecule has 0 aromatic rings. The minimum atomic E-state index is -0.348. The van der Waals surface area contributed by atoms with Crippen molar-refractivity contribution >= 4 is 5.91 Å². The third kappa shape index (κ3) is 1.69. The van der Waals surface area contributed by atoms with Crippen LogP contribution in [0.5, 0.6) is 0 Å². The second kappa shape index (κ2) is 3.73. The summed E-state index contributed by atoms with van der Waals surface area (Å²) < 4.78 is 0. The van der Waals surface area contributed by atoms with Gasteiger partial charge in [0, 0.05) is 18.0 Å². The van der Waals surface area contributed by atoms with E-state index in [0.717, 1.165) is 31.4 Å². The number of aliphatic hydroxyl groups excluding tert-OH is 1. The van der Waals surface area contributed by atoms with Gasteiger partial charge in [0.25, 0.3) is 0 Å². The summed E-state index contributed by atoms with van der Waals surface area (Å²) in [6, 6.07) is 0. The van der Waals surface area contributed by atoms with Crippen LogP contribution in [-0.2, 0) is 4.79 Å². The van der Waals surface area contributed by atoms with Gasteiger partial charge < -0.3 is 10.4 Å². The number of aliphatic hydroxyl groups is 1. The van der Waals surface area contributed by atoms with Crippen LogP contribution >= 0.6 is 0 Å². The molecule has 14 heavy (non-hydrogen) atoms. The Morgan fingerprint density at radius 2 is 2.21 bits per heavy atom. The molecular formula is C11H17NO2. The van der Waals surface area contributed by atoms with Crippen molar-refractivity contribution in [2.24, 2.45) is 5.92 Å². The molecule has 0 spiro atoms. The second-order valence-electron chi connectivity index (χ2n) is 4.30. The Morgan fingerprint density at radius 1 is 1.43 bits per heavy atom. The lowest BCUT2D eigenvalue weighted by atomic mass is 9.81. The quantitative estimate of drug-likeness (QED) is 0.663. The zero-order chi connectivity index (χ0) is 10.1. The van der Waals surface area contributed by atoms with Crippen LogP contribution in [0.15, 0.2) is 11.3 Å². The zero-order valence-electron chi connectivity index (χ0n) is 8.55. The molecule has 1 amide bonds. The average Bonchev–Trinajstić information content (AvgIpc) is 2.16. The molecule has 0 fully saturated rings. The van der Waals surface area contributed by atoms with Gasteiger partial charge in [-0.3, -0.25) is 4.79 Å². The molecule has 0 aromatic carbocycles. The van der Waals surface area contributed by atoms with Gasteiger partial charge in [-0.15, -0.1) is 0 Å². The molecule has 0 radical (unpaired) electrons. The van der Waals surface area contributed by atoms with Crippen LogP contribution in [0.2, 0.25) is 0 Å². The van der Waals surface area contributed by atoms with Gasteiger partial charge in [-0.25, -0.2) is 0 Å². The maximum Gasteiger partial charge on any atom is 0.224 e. The zero-order valence-corrected chi connectivity index (χ0v) is 8.55. The Bertz CT molecular complexity index is 281. The van der Waals surface area contributed by atoms with Crippen LogP contribution in [0.1, 0.15) is 39.0 Å². The van der Waals surface area contributed by atoms with E-state index in [1.807, 2.05) is 0 Å². The molecule has 0 aromatic heterocycles. The van der Waals surface area contributed by atoms with Gasteiger partial charge in [-0.05, 0) is 38.2 Å². The van der Waals surface area contributed by atoms with Crippen molar-refractivity contribution in [1.29, 1.82) is 0 Å². The van der Waals surface area contributed by atoms with Crippen LogP contribution in [0.4, 0.5) is 0 Å². The average molecular weight is 195 g/mol. The first kappa shape index (κ1) is 9.71. The molecule has 3 nitrogen and oxygen atoms in total. The van der Waals surface area contributed by atoms with Crippen molar-refractivity contribution < 1.29 is 9.90 Å². The summed E-state index contributed by atoms with van der Waals surface area (Å²) in [6.45, 7) is 1.81. The van der Waals surface area contributed by atoms with E-state index in [9.17, 15) is 9.90 Å². The molecule has 2 N–H and O–H groups in total. The van der Waals surface area contributed by atoms with Crippen molar-refractivity contribution in [3.63, 3.8) is 0 Å². The predicted molar refractivity (Wildman–Crippen MR) is 53.4 cm³/mol. The molecule has 0 saturated heterocycles. The number of hydrogen-bond donors (Lipinski definition) is 2. The molecule has 0 saturated carbocycles. The number of amides is 1. The molecule has 2 atom stereocenters. The summed E-state index contributed by atoms with van der Waals surface area (Å²) in [7, 11) is 0. The van der Waals surface area contributed by atoms with Gasteiger partial charge in [0.2, 0.25) is 5.91 Å². The normalized spacial score (nSPS) is 29.6. The Hall–Kier alpha value is -0.830. The van der Waals surface area contributed by atoms with Gasteiger partial charge in [0.1, 0.15) is 0 Å². The molecule has 1 aliphatic carbocycles. The lowest BCUT2D eigenvalue weighted by molar-refractivity contribution is -0.121. The highest BCUT2D eigenvalue weighted by molar-refractivity contribution is 5.79. The van der Waals surface area contributed by atoms with E-state index in [1.54, 1.807) is 6.92 Å². The van der Waals surface area contributed by atoms with Crippen molar-refractivity contribution in [2.45, 2.75) is 45.1 Å². The smallest absolute Gasteiger partial charge is 0.224 e. The van der Waals surface area contributed by atoms with Crippen LogP contribution in [0.3, 0.4) is 0 Å². The third-order valence-corrected chi connectivity index (χ3v) is 3.26. The number of carbonyl (C=O) groups excluding carboxylic acids is 1. The fourth-order valence-corrected chi connectivity index (χ4v) is 2.48. The first-order chi connectivity index (χ1) is 6.68. The Morgan fingerprint density at radius 3 is 2.93 bits per heavy atom. The number of allylic oxidation sites excluding steroid dienone is 1. The monoisotopic (exact) mass is 195 g/mol. The molecule has 0 bridgehead atoms. The van der Waals surface area contributed by atoms with Gasteiger partial charge in [-0.1, -0.05) is 0 Å². The van der Waals surface area contributed by atoms with E-state index >= 15 is 0 Å². The Labute approximate surface area is 84.2 Å². The standard InChI is InChI=1S/C11H17NO2/c1-7(13)9-4-2-3-8-5-6-10(14)12-11(8)9/h7,9,13H,2-6H2,1H3,(H,12,14). The van der Waals surface area contributed by atoms with Crippen LogP contribution in [-0.4, -0.2) is 17.1 Å². The van der Waals surface area contributed by atoms with Crippen molar-refractivity contribution in [3.8, 4) is 0 Å². The summed E-state index contributed by atoms with van der Waals surface area (Å²) in [6.07, 6.45) is 4.40. The predicted octanol–water partition coefficient (Wildman–Crippen LogP) is 1.33. The SMILES string of the molecule is CC(O)C1CCCC2=C1NC(=O)CC2. The number of nitrogens with one attached hydrogen (secondary N) is 1. The van der Waals surface area contributed by atoms with Crippen LogP contribution in [0, 0.1) is 5.92 Å². The van der Waals surface area contributed by atoms with E-state index in [0.29, 0.717) is 6.42 Å². The number of carbonyl (C=O) groups is 1. The van der Waals surface area contributed by atoms with E-state index < -0.39 is 0 Å². The lowest BCUT2D eigenvalue weighted by Crippen LogP contribution is -2.37. The highest BCUT2D eigenvalue weighted by atomic mass is 16.3. The first-order valence-electron chi connectivity index (χ1n) is 5.38. The maximum absolute atomic E-state index is 11.3. The van der Waals surface area contributed by atoms with E-state index in [-0.39, 0.29) is 17.9 Å². The molecule has 1 aliphatic heterocycles. The van der Waals surface area contributed by atoms with E-state index in [2.05, 4.69) is 5.32 Å². The summed E-state index contributed by atoms with van der Waals surface area (Å²) in [5.74, 6) is 0.263. The van der Waals surface area contributed by atoms with Gasteiger partial charge in [-0.2, -0.15) is 0 Å². The number of hydrogen-bond acceptors (Lipinski definition) is 2. The summed E-state index contributed by atoms with van der Waals surface area (Å²) in [4.78, 5) is 11.3. The van der Waals surface area contributed by atoms with Gasteiger partial charge in [0.15, 0.2) is 0 Å². The van der Waals surface area contributed by atoms with Crippen LogP contribution < -0.4 is 5.32 Å². The minimum absolute atomic E-state index is 0.108. The third-order valence-electron chi connectivity index (χ3n) is 3.26. The van der Waals surface area contributed by atoms with Gasteiger partial charge >= 0.3 is 0 Å². The molecule has 1 heterocycles. The number of rotatable bonds is 1. The highest BCUT2D eigenvalue weighted by Crippen LogP contribution is 2.34. The molecule has 2 aliphatic rings. The largest absolute Gasteiger partial charge is 0.393 e. The Balaban J connectivity index is 2.25. The molecule has 3 heteroatoms. The van der Waals surface area contributed by atoms with Crippen molar-refractivity contribution in [3.05, 3.63) is 11.3 Å². The molecule has 2 unspecified atom stereocenters. The lowest BCUT2D eigenvalue weighted by Gasteiger charge is -2.33. The Kier molecular flexibility index (Phi) is 2.59. The van der Waals surface area contributed by atoms with E-state index in [4.69, 9.17) is 0 Å². The van der Waals surface area contributed by atoms with Crippen molar-refractivity contribution in [2.75, 3.05) is 0 Å². The minimum Gasteiger partial charge on any atom is -0.393 e. The fourth-order valence-electron chi connectivity index (χ4n) is 2.48. The maximum atomic E-state index is 11.3. The molecule has 78 valence electrons. The van der Waals surface area contributed by atoms with E-state index in [1.165, 1.54) is 5.57 Å². The first-order valence-corrected chi connectivity index (χ1v) is 5.38. The fraction of sp³-hybridized carbons (Fsp3) is 0.727. The van der Waals surface area contributed by atoms with Crippen molar-refractivity contribution in [1.82, 2.24) is 5.32 Å². The van der Waals surface area contributed by atoms with Gasteiger partial charge in [0.05, 0.1) is 6.10 Å². The topological polar surface area (TPSA) is 49.3 Å². The molecule has 2 rings (SSSR count).